The lowest BCUT2D eigenvalue weighted by atomic mass is 10.0. The average Bonchev–Trinajstić information content (AvgIpc) is 3.49. The fourth-order valence-electron chi connectivity index (χ4n) is 4.01. The molecule has 24 heavy (non-hydrogen) atoms. The maximum Gasteiger partial charge on any atom is 0.193 e. The van der Waals surface area contributed by atoms with Crippen LogP contribution < -0.4 is 5.32 Å². The fraction of sp³-hybridized carbons (Fsp3) is 0.778. The van der Waals surface area contributed by atoms with Crippen molar-refractivity contribution >= 4 is 5.96 Å². The quantitative estimate of drug-likeness (QED) is 0.659. The van der Waals surface area contributed by atoms with Crippen LogP contribution in [0.2, 0.25) is 0 Å². The van der Waals surface area contributed by atoms with Crippen LogP contribution in [0.25, 0.3) is 0 Å². The van der Waals surface area contributed by atoms with Crippen LogP contribution in [-0.2, 0) is 6.54 Å². The predicted molar refractivity (Wildman–Crippen MR) is 93.8 cm³/mol. The van der Waals surface area contributed by atoms with Crippen molar-refractivity contribution < 1.29 is 4.52 Å². The van der Waals surface area contributed by atoms with E-state index in [9.17, 15) is 0 Å². The summed E-state index contributed by atoms with van der Waals surface area (Å²) in [5.74, 6) is 2.96. The molecule has 1 N–H and O–H groups in total. The van der Waals surface area contributed by atoms with Crippen molar-refractivity contribution in [2.45, 2.75) is 39.2 Å². The number of guanidine groups is 1. The molecular weight excluding hydrogens is 302 g/mol. The second-order valence-corrected chi connectivity index (χ2v) is 7.73. The van der Waals surface area contributed by atoms with Gasteiger partial charge in [0, 0.05) is 52.4 Å². The van der Waals surface area contributed by atoms with E-state index in [0.717, 1.165) is 62.6 Å². The summed E-state index contributed by atoms with van der Waals surface area (Å²) >= 11 is 0. The molecule has 2 heterocycles. The molecule has 0 unspecified atom stereocenters. The zero-order chi connectivity index (χ0) is 16.6. The summed E-state index contributed by atoms with van der Waals surface area (Å²) in [6.07, 6.45) is 5.71. The first-order valence-corrected chi connectivity index (χ1v) is 9.29. The summed E-state index contributed by atoms with van der Waals surface area (Å²) in [5, 5.41) is 7.76. The van der Waals surface area contributed by atoms with Crippen LogP contribution in [0.15, 0.2) is 15.6 Å². The minimum absolute atomic E-state index is 0.614. The smallest absolute Gasteiger partial charge is 0.193 e. The highest BCUT2D eigenvalue weighted by Crippen LogP contribution is 2.60. The first kappa shape index (κ1) is 15.9. The number of aromatic nitrogens is 1. The number of piperazine rings is 1. The van der Waals surface area contributed by atoms with Crippen LogP contribution in [0, 0.1) is 18.3 Å². The van der Waals surface area contributed by atoms with Gasteiger partial charge in [-0.1, -0.05) is 5.16 Å². The van der Waals surface area contributed by atoms with Crippen molar-refractivity contribution in [2.24, 2.45) is 16.3 Å². The van der Waals surface area contributed by atoms with Crippen molar-refractivity contribution in [3.05, 3.63) is 17.5 Å². The molecule has 132 valence electrons. The molecule has 0 aromatic carbocycles. The number of aryl methyl sites for hydroxylation is 1. The van der Waals surface area contributed by atoms with Crippen LogP contribution in [0.5, 0.6) is 0 Å². The summed E-state index contributed by atoms with van der Waals surface area (Å²) in [6.45, 7) is 8.06. The summed E-state index contributed by atoms with van der Waals surface area (Å²) in [4.78, 5) is 9.35. The Morgan fingerprint density at radius 3 is 2.62 bits per heavy atom. The zero-order valence-electron chi connectivity index (χ0n) is 14.9. The molecular formula is C18H29N5O. The van der Waals surface area contributed by atoms with E-state index < -0.39 is 0 Å². The van der Waals surface area contributed by atoms with Gasteiger partial charge in [0.1, 0.15) is 5.76 Å². The number of rotatable bonds is 5. The third kappa shape index (κ3) is 3.43. The highest BCUT2D eigenvalue weighted by Gasteiger charge is 2.53. The minimum atomic E-state index is 0.614. The maximum absolute atomic E-state index is 5.16. The highest BCUT2D eigenvalue weighted by molar-refractivity contribution is 5.80. The number of nitrogens with zero attached hydrogens (tertiary/aromatic N) is 4. The Morgan fingerprint density at radius 2 is 2.08 bits per heavy atom. The van der Waals surface area contributed by atoms with Gasteiger partial charge in [0.05, 0.1) is 5.69 Å². The Hall–Kier alpha value is -1.56. The molecule has 0 atom stereocenters. The monoisotopic (exact) mass is 331 g/mol. The van der Waals surface area contributed by atoms with Gasteiger partial charge in [0.25, 0.3) is 0 Å². The third-order valence-corrected chi connectivity index (χ3v) is 5.88. The molecule has 1 aromatic rings. The standard InChI is InChI=1S/C18H29N5O/c1-14-11-16(21-24-14)12-22-7-9-23(10-8-22)17(19-2)20-13-18(5-6-18)15-3-4-15/h11,15H,3-10,12-13H2,1-2H3,(H,19,20). The second kappa shape index (κ2) is 6.39. The number of hydrogen-bond donors (Lipinski definition) is 1. The van der Waals surface area contributed by atoms with Gasteiger partial charge < -0.3 is 14.7 Å². The Kier molecular flexibility index (Phi) is 4.24. The molecule has 0 radical (unpaired) electrons. The summed E-state index contributed by atoms with van der Waals surface area (Å²) in [5.41, 5.74) is 1.64. The van der Waals surface area contributed by atoms with Gasteiger partial charge in [0.15, 0.2) is 5.96 Å². The molecule has 0 spiro atoms. The molecule has 6 heteroatoms. The van der Waals surface area contributed by atoms with E-state index in [4.69, 9.17) is 4.52 Å². The van der Waals surface area contributed by atoms with Crippen LogP contribution in [0.1, 0.15) is 37.1 Å². The Balaban J connectivity index is 1.25. The number of hydrogen-bond acceptors (Lipinski definition) is 4. The Bertz CT molecular complexity index is 594. The van der Waals surface area contributed by atoms with E-state index >= 15 is 0 Å². The van der Waals surface area contributed by atoms with E-state index in [0.29, 0.717) is 5.41 Å². The van der Waals surface area contributed by atoms with Crippen molar-refractivity contribution in [1.29, 1.82) is 0 Å². The zero-order valence-corrected chi connectivity index (χ0v) is 14.9. The first-order valence-electron chi connectivity index (χ1n) is 9.29. The van der Waals surface area contributed by atoms with Gasteiger partial charge in [-0.25, -0.2) is 0 Å². The molecule has 2 aliphatic carbocycles. The summed E-state index contributed by atoms with van der Waals surface area (Å²) in [7, 11) is 1.91. The van der Waals surface area contributed by atoms with Gasteiger partial charge in [-0.3, -0.25) is 9.89 Å². The molecule has 2 saturated carbocycles. The normalized spacial score (nSPS) is 24.2. The van der Waals surface area contributed by atoms with Crippen LogP contribution in [-0.4, -0.2) is 60.7 Å². The minimum Gasteiger partial charge on any atom is -0.361 e. The van der Waals surface area contributed by atoms with E-state index in [1.54, 1.807) is 0 Å². The van der Waals surface area contributed by atoms with E-state index in [1.807, 2.05) is 20.0 Å². The molecule has 4 rings (SSSR count). The third-order valence-electron chi connectivity index (χ3n) is 5.88. The van der Waals surface area contributed by atoms with Gasteiger partial charge in [0.2, 0.25) is 0 Å². The molecule has 6 nitrogen and oxygen atoms in total. The van der Waals surface area contributed by atoms with Gasteiger partial charge >= 0.3 is 0 Å². The topological polar surface area (TPSA) is 56.9 Å². The van der Waals surface area contributed by atoms with Gasteiger partial charge in [-0.15, -0.1) is 0 Å². The molecule has 3 aliphatic rings. The Morgan fingerprint density at radius 1 is 1.33 bits per heavy atom. The highest BCUT2D eigenvalue weighted by atomic mass is 16.5. The SMILES string of the molecule is CN=C(NCC1(C2CC2)CC1)N1CCN(Cc2cc(C)on2)CC1. The molecule has 0 amide bonds. The van der Waals surface area contributed by atoms with Gasteiger partial charge in [-0.05, 0) is 43.9 Å². The van der Waals surface area contributed by atoms with Gasteiger partial charge in [-0.2, -0.15) is 0 Å². The van der Waals surface area contributed by atoms with E-state index in [-0.39, 0.29) is 0 Å². The largest absolute Gasteiger partial charge is 0.361 e. The number of aliphatic imine (C=N–C) groups is 1. The lowest BCUT2D eigenvalue weighted by Crippen LogP contribution is -2.53. The van der Waals surface area contributed by atoms with Crippen LogP contribution >= 0.6 is 0 Å². The van der Waals surface area contributed by atoms with Crippen molar-refractivity contribution in [2.75, 3.05) is 39.8 Å². The van der Waals surface area contributed by atoms with Crippen LogP contribution in [0.3, 0.4) is 0 Å². The maximum atomic E-state index is 5.16. The Labute approximate surface area is 144 Å². The van der Waals surface area contributed by atoms with Crippen LogP contribution in [0.4, 0.5) is 0 Å². The molecule has 0 bridgehead atoms. The fourth-order valence-corrected chi connectivity index (χ4v) is 4.01. The predicted octanol–water partition coefficient (Wildman–Crippen LogP) is 1.87. The van der Waals surface area contributed by atoms with Crippen molar-refractivity contribution in [3.8, 4) is 0 Å². The average molecular weight is 331 g/mol. The summed E-state index contributed by atoms with van der Waals surface area (Å²) in [6, 6.07) is 2.03. The lowest BCUT2D eigenvalue weighted by Gasteiger charge is -2.36. The summed E-state index contributed by atoms with van der Waals surface area (Å²) < 4.78 is 5.16. The van der Waals surface area contributed by atoms with Crippen molar-refractivity contribution in [3.63, 3.8) is 0 Å². The molecule has 3 fully saturated rings. The van der Waals surface area contributed by atoms with E-state index in [2.05, 4.69) is 25.3 Å². The molecule has 1 saturated heterocycles. The molecule has 1 aromatic heterocycles. The molecule has 1 aliphatic heterocycles. The van der Waals surface area contributed by atoms with E-state index in [1.165, 1.54) is 25.7 Å². The second-order valence-electron chi connectivity index (χ2n) is 7.73. The van der Waals surface area contributed by atoms with Crippen molar-refractivity contribution in [1.82, 2.24) is 20.3 Å². The lowest BCUT2D eigenvalue weighted by molar-refractivity contribution is 0.168. The first-order chi connectivity index (χ1) is 11.7. The number of nitrogens with one attached hydrogen (secondary N) is 1.